The van der Waals surface area contributed by atoms with Crippen LogP contribution in [0.15, 0.2) is 60.7 Å². The molecule has 0 amide bonds. The van der Waals surface area contributed by atoms with Crippen molar-refractivity contribution in [3.8, 4) is 17.5 Å². The van der Waals surface area contributed by atoms with Gasteiger partial charge >= 0.3 is 6.01 Å². The monoisotopic (exact) mass is 671 g/mol. The molecule has 2 aliphatic rings. The highest BCUT2D eigenvalue weighted by atomic mass is 32.1. The first kappa shape index (κ1) is 34.0. The highest BCUT2D eigenvalue weighted by Crippen LogP contribution is 2.52. The molecule has 2 fully saturated rings. The Morgan fingerprint density at radius 1 is 0.938 bits per heavy atom. The van der Waals surface area contributed by atoms with E-state index in [0.29, 0.717) is 43.1 Å². The van der Waals surface area contributed by atoms with E-state index in [1.165, 1.54) is 9.75 Å². The number of nitrogens with zero attached hydrogens (tertiary/aromatic N) is 4. The molecule has 6 rings (SSSR count). The number of rotatable bonds is 17. The number of aliphatic hydroxyl groups is 1. The fraction of sp³-hybridized carbons (Fsp3) is 0.474. The molecule has 3 N–H and O–H groups in total. The first-order valence-electron chi connectivity index (χ1n) is 17.2. The van der Waals surface area contributed by atoms with Gasteiger partial charge in [-0.25, -0.2) is 0 Å². The Morgan fingerprint density at radius 3 is 2.21 bits per heavy atom. The van der Waals surface area contributed by atoms with E-state index < -0.39 is 0 Å². The van der Waals surface area contributed by atoms with Crippen molar-refractivity contribution in [2.45, 2.75) is 77.1 Å². The fourth-order valence-corrected chi connectivity index (χ4v) is 7.58. The summed E-state index contributed by atoms with van der Waals surface area (Å²) < 4.78 is 17.0. The second kappa shape index (κ2) is 16.0. The van der Waals surface area contributed by atoms with Gasteiger partial charge in [0.25, 0.3) is 0 Å². The summed E-state index contributed by atoms with van der Waals surface area (Å²) in [5.41, 5.74) is 10.8. The number of thiophene rings is 1. The third kappa shape index (κ3) is 8.78. The lowest BCUT2D eigenvalue weighted by Gasteiger charge is -2.27. The van der Waals surface area contributed by atoms with Gasteiger partial charge in [0.15, 0.2) is 5.82 Å². The zero-order valence-corrected chi connectivity index (χ0v) is 29.3. The molecule has 256 valence electrons. The number of hydrogen-bond donors (Lipinski definition) is 2. The minimum atomic E-state index is -0.180. The molecule has 0 spiro atoms. The van der Waals surface area contributed by atoms with Crippen LogP contribution in [0.2, 0.25) is 0 Å². The Kier molecular flexibility index (Phi) is 11.4. The first-order valence-corrected chi connectivity index (χ1v) is 18.0. The van der Waals surface area contributed by atoms with Gasteiger partial charge in [0.2, 0.25) is 0 Å². The van der Waals surface area contributed by atoms with Crippen LogP contribution in [0.4, 0.5) is 11.5 Å². The Balaban J connectivity index is 1.21. The SMILES string of the molecule is CCCCOc1nc(C2C[C@@H]2CCc2ccc(CN3CCC(O)C3)s2)c(N)c(N(Cc2ccc(OC)cc2)Cc2ccc(OC)cc2)n1. The third-order valence-electron chi connectivity index (χ3n) is 9.41. The van der Waals surface area contributed by atoms with Gasteiger partial charge in [0.1, 0.15) is 11.5 Å². The summed E-state index contributed by atoms with van der Waals surface area (Å²) in [4.78, 5) is 17.2. The van der Waals surface area contributed by atoms with Gasteiger partial charge in [-0.3, -0.25) is 4.90 Å². The van der Waals surface area contributed by atoms with Crippen LogP contribution in [0.1, 0.15) is 71.5 Å². The number of anilines is 2. The maximum Gasteiger partial charge on any atom is 0.318 e. The number of nitrogen functional groups attached to an aromatic ring is 1. The summed E-state index contributed by atoms with van der Waals surface area (Å²) in [5.74, 6) is 3.16. The van der Waals surface area contributed by atoms with E-state index in [9.17, 15) is 5.11 Å². The fourth-order valence-electron chi connectivity index (χ4n) is 6.51. The average Bonchev–Trinajstić information content (AvgIpc) is 3.54. The van der Waals surface area contributed by atoms with E-state index >= 15 is 0 Å². The zero-order valence-electron chi connectivity index (χ0n) is 28.4. The van der Waals surface area contributed by atoms with Crippen LogP contribution in [-0.4, -0.2) is 60.0 Å². The molecule has 0 radical (unpaired) electrons. The van der Waals surface area contributed by atoms with E-state index in [1.54, 1.807) is 14.2 Å². The molecular formula is C38H49N5O4S. The molecule has 10 heteroatoms. The summed E-state index contributed by atoms with van der Waals surface area (Å²) in [6.07, 6.45) is 5.88. The topological polar surface area (TPSA) is 106 Å². The van der Waals surface area contributed by atoms with E-state index in [4.69, 9.17) is 29.9 Å². The number of aryl methyl sites for hydroxylation is 1. The first-order chi connectivity index (χ1) is 23.4. The number of aliphatic hydroxyl groups excluding tert-OH is 1. The van der Waals surface area contributed by atoms with Gasteiger partial charge in [0, 0.05) is 48.4 Å². The normalized spacial score (nSPS) is 19.0. The molecule has 2 aromatic heterocycles. The van der Waals surface area contributed by atoms with Gasteiger partial charge in [0.05, 0.1) is 38.3 Å². The standard InChI is InChI=1S/C38H49N5O4S/c1-4-5-20-47-38-40-36(34-21-28(34)10-15-32-16-17-33(48-32)25-42-19-18-29(44)24-42)35(39)37(41-38)43(22-26-6-11-30(45-2)12-7-26)23-27-8-13-31(46-3)14-9-27/h6-9,11-14,16-17,28-29,34,44H,4-5,10,15,18-25,39H2,1-3H3/t28-,29?,34?/m0/s1. The Hall–Kier alpha value is -3.86. The summed E-state index contributed by atoms with van der Waals surface area (Å²) in [6.45, 7) is 6.62. The highest BCUT2D eigenvalue weighted by Gasteiger charge is 2.41. The van der Waals surface area contributed by atoms with Crippen molar-refractivity contribution < 1.29 is 19.3 Å². The number of benzene rings is 2. The predicted octanol–water partition coefficient (Wildman–Crippen LogP) is 6.83. The van der Waals surface area contributed by atoms with Crippen LogP contribution in [0.5, 0.6) is 17.5 Å². The van der Waals surface area contributed by atoms with Crippen molar-refractivity contribution in [1.82, 2.24) is 14.9 Å². The molecule has 2 unspecified atom stereocenters. The number of methoxy groups -OCH3 is 2. The maximum absolute atomic E-state index is 9.88. The minimum Gasteiger partial charge on any atom is -0.497 e. The van der Waals surface area contributed by atoms with Crippen LogP contribution in [-0.2, 0) is 26.1 Å². The molecule has 9 nitrogen and oxygen atoms in total. The van der Waals surface area contributed by atoms with E-state index in [2.05, 4.69) is 53.1 Å². The average molecular weight is 672 g/mol. The molecule has 3 atom stereocenters. The highest BCUT2D eigenvalue weighted by molar-refractivity contribution is 7.11. The lowest BCUT2D eigenvalue weighted by Crippen LogP contribution is -2.25. The number of ether oxygens (including phenoxy) is 3. The Morgan fingerprint density at radius 2 is 1.60 bits per heavy atom. The van der Waals surface area contributed by atoms with E-state index in [1.807, 2.05) is 35.6 Å². The van der Waals surface area contributed by atoms with Gasteiger partial charge in [-0.15, -0.1) is 11.3 Å². The van der Waals surface area contributed by atoms with Crippen molar-refractivity contribution in [3.05, 3.63) is 87.2 Å². The number of likely N-dealkylation sites (tertiary alicyclic amines) is 1. The third-order valence-corrected chi connectivity index (χ3v) is 10.5. The van der Waals surface area contributed by atoms with Gasteiger partial charge in [-0.2, -0.15) is 9.97 Å². The van der Waals surface area contributed by atoms with Crippen LogP contribution in [0, 0.1) is 5.92 Å². The summed E-state index contributed by atoms with van der Waals surface area (Å²) >= 11 is 1.90. The van der Waals surface area contributed by atoms with Crippen molar-refractivity contribution in [2.75, 3.05) is 44.5 Å². The summed E-state index contributed by atoms with van der Waals surface area (Å²) in [5, 5.41) is 9.88. The Labute approximate surface area is 288 Å². The van der Waals surface area contributed by atoms with Crippen molar-refractivity contribution >= 4 is 22.8 Å². The molecule has 1 aliphatic carbocycles. The Bertz CT molecular complexity index is 1560. The molecule has 2 aromatic carbocycles. The number of hydrogen-bond acceptors (Lipinski definition) is 10. The zero-order chi connectivity index (χ0) is 33.5. The number of aromatic nitrogens is 2. The number of nitrogens with two attached hydrogens (primary N) is 1. The van der Waals surface area contributed by atoms with Crippen LogP contribution < -0.4 is 24.8 Å². The second-order valence-electron chi connectivity index (χ2n) is 13.1. The lowest BCUT2D eigenvalue weighted by molar-refractivity contribution is 0.175. The lowest BCUT2D eigenvalue weighted by atomic mass is 10.1. The van der Waals surface area contributed by atoms with E-state index in [0.717, 1.165) is 86.5 Å². The van der Waals surface area contributed by atoms with Crippen LogP contribution in [0.3, 0.4) is 0 Å². The van der Waals surface area contributed by atoms with Crippen LogP contribution >= 0.6 is 11.3 Å². The van der Waals surface area contributed by atoms with Gasteiger partial charge in [-0.1, -0.05) is 37.6 Å². The van der Waals surface area contributed by atoms with Crippen molar-refractivity contribution in [1.29, 1.82) is 0 Å². The van der Waals surface area contributed by atoms with Gasteiger partial charge < -0.3 is 30.0 Å². The molecule has 1 saturated heterocycles. The summed E-state index contributed by atoms with van der Waals surface area (Å²) in [6, 6.07) is 21.2. The number of unbranched alkanes of at least 4 members (excludes halogenated alkanes) is 1. The van der Waals surface area contributed by atoms with Gasteiger partial charge in [-0.05, 0) is 85.5 Å². The second-order valence-corrected chi connectivity index (χ2v) is 14.3. The minimum absolute atomic E-state index is 0.180. The molecule has 3 heterocycles. The molecule has 1 aliphatic heterocycles. The van der Waals surface area contributed by atoms with Crippen LogP contribution in [0.25, 0.3) is 0 Å². The van der Waals surface area contributed by atoms with Crippen molar-refractivity contribution in [3.63, 3.8) is 0 Å². The molecule has 1 saturated carbocycles. The maximum atomic E-state index is 9.88. The van der Waals surface area contributed by atoms with E-state index in [-0.39, 0.29) is 12.0 Å². The molecule has 4 aromatic rings. The molecular weight excluding hydrogens is 623 g/mol. The van der Waals surface area contributed by atoms with Crippen molar-refractivity contribution in [2.24, 2.45) is 5.92 Å². The summed E-state index contributed by atoms with van der Waals surface area (Å²) in [7, 11) is 3.36. The number of β-amino-alcohol motifs (C(OH)–C–C–N with tert-alkyl or cyclic N) is 1. The largest absolute Gasteiger partial charge is 0.497 e. The quantitative estimate of drug-likeness (QED) is 0.117. The predicted molar refractivity (Wildman–Crippen MR) is 192 cm³/mol. The molecule has 48 heavy (non-hydrogen) atoms. The molecule has 0 bridgehead atoms. The smallest absolute Gasteiger partial charge is 0.318 e.